The summed E-state index contributed by atoms with van der Waals surface area (Å²) in [5.74, 6) is 0.218. The minimum absolute atomic E-state index is 0.0910. The normalized spacial score (nSPS) is 11.3. The van der Waals surface area contributed by atoms with Crippen LogP contribution in [0.3, 0.4) is 0 Å². The predicted molar refractivity (Wildman–Crippen MR) is 93.4 cm³/mol. The zero-order valence-electron chi connectivity index (χ0n) is 11.8. The van der Waals surface area contributed by atoms with E-state index in [1.165, 1.54) is 36.4 Å². The molecule has 0 radical (unpaired) electrons. The van der Waals surface area contributed by atoms with Gasteiger partial charge in [-0.1, -0.05) is 46.4 Å². The van der Waals surface area contributed by atoms with Gasteiger partial charge in [-0.3, -0.25) is 4.52 Å². The summed E-state index contributed by atoms with van der Waals surface area (Å²) in [4.78, 5) is 0. The van der Waals surface area contributed by atoms with Gasteiger partial charge >= 0.3 is 7.82 Å². The lowest BCUT2D eigenvalue weighted by Crippen LogP contribution is -2.05. The quantitative estimate of drug-likeness (QED) is 0.481. The van der Waals surface area contributed by atoms with Gasteiger partial charge in [-0.05, 0) is 43.3 Å². The first kappa shape index (κ1) is 18.7. The third-order valence-corrected chi connectivity index (χ3v) is 4.97. The molecule has 0 N–H and O–H groups in total. The fraction of sp³-hybridized carbons (Fsp3) is 0.143. The third-order valence-electron chi connectivity index (χ3n) is 2.50. The maximum absolute atomic E-state index is 12.8. The van der Waals surface area contributed by atoms with Crippen LogP contribution in [0.25, 0.3) is 0 Å². The van der Waals surface area contributed by atoms with Crippen molar-refractivity contribution in [1.29, 1.82) is 0 Å². The molecule has 0 aromatic heterocycles. The van der Waals surface area contributed by atoms with E-state index in [0.717, 1.165) is 0 Å². The molecule has 0 saturated carbocycles. The maximum Gasteiger partial charge on any atom is 0.587 e. The molecule has 2 rings (SSSR count). The minimum Gasteiger partial charge on any atom is -0.393 e. The maximum atomic E-state index is 12.8. The van der Waals surface area contributed by atoms with Gasteiger partial charge in [0.25, 0.3) is 0 Å². The summed E-state index contributed by atoms with van der Waals surface area (Å²) in [5.41, 5.74) is 0. The second-order valence-electron chi connectivity index (χ2n) is 4.20. The van der Waals surface area contributed by atoms with Crippen LogP contribution in [-0.2, 0) is 9.09 Å². The highest BCUT2D eigenvalue weighted by molar-refractivity contribution is 7.49. The highest BCUT2D eigenvalue weighted by Crippen LogP contribution is 2.52. The molecule has 0 bridgehead atoms. The fourth-order valence-corrected chi connectivity index (χ4v) is 3.83. The van der Waals surface area contributed by atoms with Gasteiger partial charge in [0.1, 0.15) is 0 Å². The average molecular weight is 416 g/mol. The number of hydrogen-bond donors (Lipinski definition) is 0. The van der Waals surface area contributed by atoms with Crippen molar-refractivity contribution in [3.8, 4) is 11.5 Å². The first-order valence-electron chi connectivity index (χ1n) is 6.37. The smallest absolute Gasteiger partial charge is 0.393 e. The van der Waals surface area contributed by atoms with Gasteiger partial charge < -0.3 is 9.05 Å². The average Bonchev–Trinajstić information content (AvgIpc) is 2.46. The molecular formula is C14H11Cl4O4P. The van der Waals surface area contributed by atoms with Crippen LogP contribution in [0.1, 0.15) is 6.92 Å². The number of hydrogen-bond acceptors (Lipinski definition) is 4. The predicted octanol–water partition coefficient (Wildman–Crippen LogP) is 6.90. The van der Waals surface area contributed by atoms with E-state index in [9.17, 15) is 4.57 Å². The van der Waals surface area contributed by atoms with Gasteiger partial charge in [0, 0.05) is 10.0 Å². The third kappa shape index (κ3) is 5.18. The van der Waals surface area contributed by atoms with Crippen molar-refractivity contribution in [3.05, 3.63) is 56.5 Å². The van der Waals surface area contributed by atoms with Crippen LogP contribution in [0.15, 0.2) is 36.4 Å². The molecule has 0 spiro atoms. The van der Waals surface area contributed by atoms with Crippen LogP contribution in [-0.4, -0.2) is 6.61 Å². The van der Waals surface area contributed by atoms with Gasteiger partial charge in [-0.25, -0.2) is 4.57 Å². The van der Waals surface area contributed by atoms with Crippen LogP contribution < -0.4 is 9.05 Å². The van der Waals surface area contributed by atoms with Crippen molar-refractivity contribution in [2.24, 2.45) is 0 Å². The van der Waals surface area contributed by atoms with E-state index < -0.39 is 7.82 Å². The molecule has 0 unspecified atom stereocenters. The zero-order valence-corrected chi connectivity index (χ0v) is 15.7. The van der Waals surface area contributed by atoms with Crippen LogP contribution in [0.5, 0.6) is 11.5 Å². The summed E-state index contributed by atoms with van der Waals surface area (Å²) in [6.45, 7) is 1.74. The van der Waals surface area contributed by atoms with Gasteiger partial charge in [0.05, 0.1) is 16.7 Å². The molecule has 23 heavy (non-hydrogen) atoms. The van der Waals surface area contributed by atoms with Gasteiger partial charge in [0.15, 0.2) is 11.5 Å². The molecule has 0 amide bonds. The Bertz CT molecular complexity index is 696. The van der Waals surface area contributed by atoms with Crippen LogP contribution in [0.2, 0.25) is 20.1 Å². The summed E-state index contributed by atoms with van der Waals surface area (Å²) in [6, 6.07) is 8.89. The Kier molecular flexibility index (Phi) is 6.49. The molecular weight excluding hydrogens is 405 g/mol. The molecule has 0 atom stereocenters. The van der Waals surface area contributed by atoms with Crippen LogP contribution in [0, 0.1) is 0 Å². The lowest BCUT2D eigenvalue weighted by Gasteiger charge is -2.19. The minimum atomic E-state index is -4.00. The van der Waals surface area contributed by atoms with Crippen molar-refractivity contribution in [3.63, 3.8) is 0 Å². The number of phosphoric acid groups is 1. The van der Waals surface area contributed by atoms with Crippen molar-refractivity contribution < 1.29 is 18.1 Å². The van der Waals surface area contributed by atoms with E-state index in [0.29, 0.717) is 10.0 Å². The van der Waals surface area contributed by atoms with Gasteiger partial charge in [-0.2, -0.15) is 0 Å². The van der Waals surface area contributed by atoms with E-state index in [-0.39, 0.29) is 28.2 Å². The lowest BCUT2D eigenvalue weighted by atomic mass is 10.3. The molecule has 4 nitrogen and oxygen atoms in total. The number of rotatable bonds is 6. The number of benzene rings is 2. The first-order chi connectivity index (χ1) is 10.8. The summed E-state index contributed by atoms with van der Waals surface area (Å²) < 4.78 is 28.6. The Morgan fingerprint density at radius 1 is 0.870 bits per heavy atom. The van der Waals surface area contributed by atoms with Crippen LogP contribution in [0.4, 0.5) is 0 Å². The zero-order chi connectivity index (χ0) is 17.0. The molecule has 0 fully saturated rings. The molecule has 2 aromatic rings. The standard InChI is InChI=1S/C14H11Cl4O4P/c1-2-20-23(19,21-13-5-3-9(15)7-11(13)17)22-14-6-4-10(16)8-12(14)18/h3-8H,2H2,1H3. The number of halogens is 4. The molecule has 0 aliphatic carbocycles. The highest BCUT2D eigenvalue weighted by Gasteiger charge is 2.32. The SMILES string of the molecule is CCOP(=O)(Oc1ccc(Cl)cc1Cl)Oc1ccc(Cl)cc1Cl. The van der Waals surface area contributed by atoms with E-state index in [1.807, 2.05) is 0 Å². The first-order valence-corrected chi connectivity index (χ1v) is 9.34. The summed E-state index contributed by atoms with van der Waals surface area (Å²) in [5, 5.41) is 1.16. The Morgan fingerprint density at radius 3 is 1.65 bits per heavy atom. The molecule has 9 heteroatoms. The van der Waals surface area contributed by atoms with Gasteiger partial charge in [-0.15, -0.1) is 0 Å². The monoisotopic (exact) mass is 414 g/mol. The Balaban J connectivity index is 2.29. The molecule has 0 heterocycles. The Labute approximate surface area is 153 Å². The van der Waals surface area contributed by atoms with E-state index in [1.54, 1.807) is 6.92 Å². The summed E-state index contributed by atoms with van der Waals surface area (Å²) in [7, 11) is -4.00. The molecule has 2 aromatic carbocycles. The van der Waals surface area contributed by atoms with E-state index in [2.05, 4.69) is 0 Å². The van der Waals surface area contributed by atoms with Gasteiger partial charge in [0.2, 0.25) is 0 Å². The molecule has 0 saturated heterocycles. The second-order valence-corrected chi connectivity index (χ2v) is 7.40. The summed E-state index contributed by atoms with van der Waals surface area (Å²) in [6.07, 6.45) is 0. The molecule has 124 valence electrons. The largest absolute Gasteiger partial charge is 0.587 e. The van der Waals surface area contributed by atoms with Crippen molar-refractivity contribution >= 4 is 54.2 Å². The van der Waals surface area contributed by atoms with E-state index in [4.69, 9.17) is 60.0 Å². The van der Waals surface area contributed by atoms with Crippen molar-refractivity contribution in [2.75, 3.05) is 6.61 Å². The molecule has 0 aliphatic rings. The Hall–Kier alpha value is -0.610. The molecule has 0 aliphatic heterocycles. The fourth-order valence-electron chi connectivity index (χ4n) is 1.57. The topological polar surface area (TPSA) is 44.8 Å². The van der Waals surface area contributed by atoms with Crippen LogP contribution >= 0.6 is 54.2 Å². The summed E-state index contributed by atoms with van der Waals surface area (Å²) >= 11 is 23.6. The Morgan fingerprint density at radius 2 is 1.30 bits per heavy atom. The lowest BCUT2D eigenvalue weighted by molar-refractivity contribution is 0.219. The van der Waals surface area contributed by atoms with Crippen molar-refractivity contribution in [1.82, 2.24) is 0 Å². The highest BCUT2D eigenvalue weighted by atomic mass is 35.5. The number of phosphoric ester groups is 1. The second kappa shape index (κ2) is 7.98. The van der Waals surface area contributed by atoms with E-state index >= 15 is 0 Å². The van der Waals surface area contributed by atoms with Crippen molar-refractivity contribution in [2.45, 2.75) is 6.92 Å².